The van der Waals surface area contributed by atoms with Crippen LogP contribution in [0, 0.1) is 0 Å². The molecule has 0 bridgehead atoms. The molecule has 0 unspecified atom stereocenters. The Balaban J connectivity index is 1.58. The van der Waals surface area contributed by atoms with Crippen LogP contribution < -0.4 is 14.8 Å². The van der Waals surface area contributed by atoms with Crippen molar-refractivity contribution in [2.45, 2.75) is 12.8 Å². The number of amides is 1. The van der Waals surface area contributed by atoms with Gasteiger partial charge in [-0.05, 0) is 30.7 Å². The highest BCUT2D eigenvalue weighted by molar-refractivity contribution is 5.91. The van der Waals surface area contributed by atoms with Gasteiger partial charge >= 0.3 is 0 Å². The molecule has 1 aliphatic rings. The first-order valence-corrected chi connectivity index (χ1v) is 7.02. The Hall–Kier alpha value is -2.43. The van der Waals surface area contributed by atoms with Crippen LogP contribution in [0.25, 0.3) is 0 Å². The summed E-state index contributed by atoms with van der Waals surface area (Å²) < 4.78 is 13.0. The zero-order valence-corrected chi connectivity index (χ0v) is 12.0. The molecular formula is C16H18N2O3. The Bertz CT molecular complexity index is 649. The first-order valence-electron chi connectivity index (χ1n) is 7.02. The summed E-state index contributed by atoms with van der Waals surface area (Å²) in [6.45, 7) is 1.10. The fraction of sp³-hybridized carbons (Fsp3) is 0.312. The SMILES string of the molecule is Cn1cccc1CCC(=O)Nc1ccc2c(c1)OCCO2. The monoisotopic (exact) mass is 286 g/mol. The van der Waals surface area contributed by atoms with Crippen LogP contribution in [0.4, 0.5) is 5.69 Å². The van der Waals surface area contributed by atoms with Crippen molar-refractivity contribution < 1.29 is 14.3 Å². The van der Waals surface area contributed by atoms with E-state index >= 15 is 0 Å². The number of carbonyl (C=O) groups is 1. The number of hydrogen-bond donors (Lipinski definition) is 1. The molecule has 5 nitrogen and oxygen atoms in total. The van der Waals surface area contributed by atoms with Gasteiger partial charge in [-0.15, -0.1) is 0 Å². The summed E-state index contributed by atoms with van der Waals surface area (Å²) in [5.41, 5.74) is 1.88. The quantitative estimate of drug-likeness (QED) is 0.938. The molecule has 0 spiro atoms. The predicted octanol–water partition coefficient (Wildman–Crippen LogP) is 2.37. The summed E-state index contributed by atoms with van der Waals surface area (Å²) in [5, 5.41) is 2.89. The van der Waals surface area contributed by atoms with Crippen LogP contribution in [0.1, 0.15) is 12.1 Å². The standard InChI is InChI=1S/C16H18N2O3/c1-18-8-2-3-13(18)5-7-16(19)17-12-4-6-14-15(11-12)21-10-9-20-14/h2-4,6,8,11H,5,7,9-10H2,1H3,(H,17,19). The van der Waals surface area contributed by atoms with E-state index < -0.39 is 0 Å². The summed E-state index contributed by atoms with van der Waals surface area (Å²) in [4.78, 5) is 12.0. The zero-order valence-electron chi connectivity index (χ0n) is 12.0. The predicted molar refractivity (Wildman–Crippen MR) is 79.8 cm³/mol. The fourth-order valence-corrected chi connectivity index (χ4v) is 2.34. The third-order valence-electron chi connectivity index (χ3n) is 3.49. The molecule has 21 heavy (non-hydrogen) atoms. The summed E-state index contributed by atoms with van der Waals surface area (Å²) in [5.74, 6) is 1.40. The van der Waals surface area contributed by atoms with Gasteiger partial charge in [-0.25, -0.2) is 0 Å². The van der Waals surface area contributed by atoms with Gasteiger partial charge in [0.1, 0.15) is 13.2 Å². The van der Waals surface area contributed by atoms with Gasteiger partial charge < -0.3 is 19.4 Å². The van der Waals surface area contributed by atoms with Gasteiger partial charge in [0.25, 0.3) is 0 Å². The minimum atomic E-state index is -0.00659. The average Bonchev–Trinajstić information content (AvgIpc) is 2.90. The largest absolute Gasteiger partial charge is 0.486 e. The maximum Gasteiger partial charge on any atom is 0.224 e. The molecular weight excluding hydrogens is 268 g/mol. The molecule has 0 aliphatic carbocycles. The topological polar surface area (TPSA) is 52.5 Å². The Morgan fingerprint density at radius 1 is 1.24 bits per heavy atom. The molecule has 0 saturated heterocycles. The number of nitrogens with zero attached hydrogens (tertiary/aromatic N) is 1. The average molecular weight is 286 g/mol. The number of aromatic nitrogens is 1. The zero-order chi connectivity index (χ0) is 14.7. The molecule has 2 aromatic rings. The fourth-order valence-electron chi connectivity index (χ4n) is 2.34. The van der Waals surface area contributed by atoms with Crippen molar-refractivity contribution in [2.75, 3.05) is 18.5 Å². The van der Waals surface area contributed by atoms with Crippen LogP contribution in [0.2, 0.25) is 0 Å². The number of carbonyl (C=O) groups excluding carboxylic acids is 1. The highest BCUT2D eigenvalue weighted by Crippen LogP contribution is 2.32. The summed E-state index contributed by atoms with van der Waals surface area (Å²) in [7, 11) is 1.98. The van der Waals surface area contributed by atoms with Crippen LogP contribution in [0.5, 0.6) is 11.5 Å². The van der Waals surface area contributed by atoms with E-state index in [1.807, 2.05) is 42.1 Å². The van der Waals surface area contributed by atoms with Crippen molar-refractivity contribution in [3.63, 3.8) is 0 Å². The van der Waals surface area contributed by atoms with E-state index in [0.29, 0.717) is 25.4 Å². The first kappa shape index (κ1) is 13.5. The van der Waals surface area contributed by atoms with Crippen molar-refractivity contribution >= 4 is 11.6 Å². The molecule has 1 aromatic heterocycles. The Kier molecular flexibility index (Phi) is 3.81. The Morgan fingerprint density at radius 3 is 2.81 bits per heavy atom. The molecule has 1 N–H and O–H groups in total. The van der Waals surface area contributed by atoms with Gasteiger partial charge in [0.2, 0.25) is 5.91 Å². The maximum atomic E-state index is 12.0. The molecule has 0 fully saturated rings. The van der Waals surface area contributed by atoms with Gasteiger partial charge in [0, 0.05) is 37.1 Å². The lowest BCUT2D eigenvalue weighted by Gasteiger charge is -2.19. The minimum Gasteiger partial charge on any atom is -0.486 e. The van der Waals surface area contributed by atoms with Crippen molar-refractivity contribution in [1.82, 2.24) is 4.57 Å². The van der Waals surface area contributed by atoms with E-state index in [1.165, 1.54) is 0 Å². The van der Waals surface area contributed by atoms with Gasteiger partial charge in [-0.1, -0.05) is 0 Å². The first-order chi connectivity index (χ1) is 10.2. The highest BCUT2D eigenvalue weighted by Gasteiger charge is 2.12. The van der Waals surface area contributed by atoms with Crippen LogP contribution in [0.3, 0.4) is 0 Å². The molecule has 1 aliphatic heterocycles. The Morgan fingerprint density at radius 2 is 2.05 bits per heavy atom. The van der Waals surface area contributed by atoms with Crippen molar-refractivity contribution in [3.8, 4) is 11.5 Å². The van der Waals surface area contributed by atoms with Crippen molar-refractivity contribution in [2.24, 2.45) is 7.05 Å². The molecule has 0 atom stereocenters. The third kappa shape index (κ3) is 3.18. The van der Waals surface area contributed by atoms with Gasteiger partial charge in [-0.3, -0.25) is 4.79 Å². The smallest absolute Gasteiger partial charge is 0.224 e. The number of anilines is 1. The van der Waals surface area contributed by atoms with Crippen LogP contribution >= 0.6 is 0 Å². The van der Waals surface area contributed by atoms with Crippen LogP contribution in [-0.2, 0) is 18.3 Å². The van der Waals surface area contributed by atoms with Gasteiger partial charge in [0.15, 0.2) is 11.5 Å². The van der Waals surface area contributed by atoms with E-state index in [2.05, 4.69) is 5.32 Å². The van der Waals surface area contributed by atoms with E-state index in [0.717, 1.165) is 23.6 Å². The van der Waals surface area contributed by atoms with Gasteiger partial charge in [-0.2, -0.15) is 0 Å². The van der Waals surface area contributed by atoms with E-state index in [1.54, 1.807) is 6.07 Å². The number of benzene rings is 1. The van der Waals surface area contributed by atoms with E-state index in [4.69, 9.17) is 9.47 Å². The van der Waals surface area contributed by atoms with E-state index in [9.17, 15) is 4.79 Å². The molecule has 110 valence electrons. The lowest BCUT2D eigenvalue weighted by Crippen LogP contribution is -2.16. The summed E-state index contributed by atoms with van der Waals surface area (Å²) >= 11 is 0. The second-order valence-corrected chi connectivity index (χ2v) is 5.02. The lowest BCUT2D eigenvalue weighted by molar-refractivity contribution is -0.116. The molecule has 0 radical (unpaired) electrons. The van der Waals surface area contributed by atoms with Crippen molar-refractivity contribution in [3.05, 3.63) is 42.2 Å². The second kappa shape index (κ2) is 5.91. The van der Waals surface area contributed by atoms with E-state index in [-0.39, 0.29) is 5.91 Å². The number of fused-ring (bicyclic) bond motifs is 1. The molecule has 0 saturated carbocycles. The number of hydrogen-bond acceptors (Lipinski definition) is 3. The normalized spacial score (nSPS) is 13.0. The molecule has 5 heteroatoms. The van der Waals surface area contributed by atoms with Crippen LogP contribution in [-0.4, -0.2) is 23.7 Å². The molecule has 3 rings (SSSR count). The number of ether oxygens (including phenoxy) is 2. The van der Waals surface area contributed by atoms with Crippen molar-refractivity contribution in [1.29, 1.82) is 0 Å². The molecule has 2 heterocycles. The summed E-state index contributed by atoms with van der Waals surface area (Å²) in [6, 6.07) is 9.45. The number of rotatable bonds is 4. The Labute approximate surface area is 123 Å². The molecule has 1 amide bonds. The summed E-state index contributed by atoms with van der Waals surface area (Å²) in [6.07, 6.45) is 3.15. The highest BCUT2D eigenvalue weighted by atomic mass is 16.6. The molecule has 1 aromatic carbocycles. The third-order valence-corrected chi connectivity index (χ3v) is 3.49. The minimum absolute atomic E-state index is 0.00659. The van der Waals surface area contributed by atoms with Crippen LogP contribution in [0.15, 0.2) is 36.5 Å². The maximum absolute atomic E-state index is 12.0. The van der Waals surface area contributed by atoms with Gasteiger partial charge in [0.05, 0.1) is 0 Å². The second-order valence-electron chi connectivity index (χ2n) is 5.02. The number of aryl methyl sites for hydroxylation is 2. The lowest BCUT2D eigenvalue weighted by atomic mass is 10.2. The number of nitrogens with one attached hydrogen (secondary N) is 1.